The van der Waals surface area contributed by atoms with Crippen molar-refractivity contribution in [2.75, 3.05) is 0 Å². The minimum atomic E-state index is -0.394. The Hall–Kier alpha value is -0.717. The molecule has 0 unspecified atom stereocenters. The average molecular weight is 294 g/mol. The van der Waals surface area contributed by atoms with Crippen molar-refractivity contribution >= 4 is 16.8 Å². The molecule has 2 aromatic carbocycles. The van der Waals surface area contributed by atoms with Crippen LogP contribution in [0.4, 0.5) is 0 Å². The topological polar surface area (TPSA) is 17.1 Å². The van der Waals surface area contributed by atoms with Crippen LogP contribution in [-0.2, 0) is 19.5 Å². The minimum Gasteiger partial charge on any atom is -0.748 e. The first-order valence-electron chi connectivity index (χ1n) is 3.89. The molecule has 0 heterocycles. The third-order valence-corrected chi connectivity index (χ3v) is 1.66. The smallest absolute Gasteiger partial charge is 0.197 e. The number of rotatable bonds is 1. The number of halogens is 1. The third kappa shape index (κ3) is 5.11. The van der Waals surface area contributed by atoms with Gasteiger partial charge in [-0.3, -0.25) is 4.79 Å². The Labute approximate surface area is 101 Å². The summed E-state index contributed by atoms with van der Waals surface area (Å²) < 4.78 is 0. The van der Waals surface area contributed by atoms with Crippen LogP contribution in [0.15, 0.2) is 54.6 Å². The van der Waals surface area contributed by atoms with Gasteiger partial charge in [0.2, 0.25) is 0 Å². The zero-order valence-electron chi connectivity index (χ0n) is 7.34. The van der Waals surface area contributed by atoms with Crippen LogP contribution in [0, 0.1) is 0 Å². The maximum absolute atomic E-state index is 10.3. The molecule has 80 valence electrons. The standard InChI is InChI=1S/C6H4ClO.C5H5.Ru/c7-6(8)5-3-1-2-4-5;1-2-4-5-3-1;/h1-4H;1-5H;/q-1;-5;. The van der Waals surface area contributed by atoms with E-state index < -0.39 is 5.24 Å². The molecule has 3 heteroatoms. The summed E-state index contributed by atoms with van der Waals surface area (Å²) in [6, 6.07) is 16.9. The van der Waals surface area contributed by atoms with Crippen molar-refractivity contribution in [2.45, 2.75) is 0 Å². The van der Waals surface area contributed by atoms with Gasteiger partial charge in [0.05, 0.1) is 0 Å². The average Bonchev–Trinajstić information content (AvgIpc) is 2.82. The molecule has 0 bridgehead atoms. The Morgan fingerprint density at radius 3 is 1.57 bits per heavy atom. The predicted octanol–water partition coefficient (Wildman–Crippen LogP) is 3.19. The maximum Gasteiger partial charge on any atom is 0.197 e. The van der Waals surface area contributed by atoms with Gasteiger partial charge in [0.1, 0.15) is 0 Å². The number of carbonyl (C=O) groups excluding carboxylic acids is 1. The Balaban J connectivity index is 0.000000246. The second-order valence-corrected chi connectivity index (χ2v) is 2.75. The van der Waals surface area contributed by atoms with E-state index in [2.05, 4.69) is 0 Å². The summed E-state index contributed by atoms with van der Waals surface area (Å²) >= 11 is 5.11. The number of hydrogen-bond acceptors (Lipinski definition) is 1. The van der Waals surface area contributed by atoms with Gasteiger partial charge in [-0.1, -0.05) is 17.2 Å². The van der Waals surface area contributed by atoms with Crippen LogP contribution in [0.3, 0.4) is 0 Å². The van der Waals surface area contributed by atoms with E-state index in [1.54, 1.807) is 24.3 Å². The van der Waals surface area contributed by atoms with Gasteiger partial charge < -0.3 is 30.3 Å². The van der Waals surface area contributed by atoms with E-state index >= 15 is 0 Å². The van der Waals surface area contributed by atoms with E-state index in [-0.39, 0.29) is 19.5 Å². The van der Waals surface area contributed by atoms with Crippen molar-refractivity contribution in [1.29, 1.82) is 0 Å². The predicted molar refractivity (Wildman–Crippen MR) is 54.3 cm³/mol. The Bertz CT molecular complexity index is 307. The van der Waals surface area contributed by atoms with Crippen LogP contribution in [0.5, 0.6) is 0 Å². The molecule has 0 saturated heterocycles. The molecule has 0 amide bonds. The molecule has 0 saturated carbocycles. The molecule has 14 heavy (non-hydrogen) atoms. The van der Waals surface area contributed by atoms with E-state index in [0.717, 1.165) is 0 Å². The van der Waals surface area contributed by atoms with Crippen LogP contribution in [0.1, 0.15) is 10.4 Å². The van der Waals surface area contributed by atoms with Crippen molar-refractivity contribution in [3.05, 3.63) is 60.2 Å². The van der Waals surface area contributed by atoms with Gasteiger partial charge in [-0.15, -0.1) is 0 Å². The van der Waals surface area contributed by atoms with E-state index in [1.807, 2.05) is 30.3 Å². The quantitative estimate of drug-likeness (QED) is 0.448. The summed E-state index contributed by atoms with van der Waals surface area (Å²) in [4.78, 5) is 10.3. The van der Waals surface area contributed by atoms with Crippen LogP contribution < -0.4 is 0 Å². The van der Waals surface area contributed by atoms with Gasteiger partial charge in [-0.25, -0.2) is 12.1 Å². The Morgan fingerprint density at radius 2 is 1.36 bits per heavy atom. The van der Waals surface area contributed by atoms with Crippen LogP contribution in [-0.4, -0.2) is 5.24 Å². The van der Waals surface area contributed by atoms with Gasteiger partial charge >= 0.3 is 0 Å². The number of carbonyl (C=O) groups is 1. The third-order valence-electron chi connectivity index (χ3n) is 1.45. The Morgan fingerprint density at radius 1 is 1.00 bits per heavy atom. The molecule has 0 spiro atoms. The molecule has 0 fully saturated rings. The summed E-state index contributed by atoms with van der Waals surface area (Å²) in [5.41, 5.74) is 0.562. The molecule has 0 aliphatic heterocycles. The number of hydrogen-bond donors (Lipinski definition) is 0. The largest absolute Gasteiger partial charge is 0.748 e. The second-order valence-electron chi connectivity index (χ2n) is 2.41. The monoisotopic (exact) mass is 294 g/mol. The van der Waals surface area contributed by atoms with Gasteiger partial charge in [0, 0.05) is 19.5 Å². The zero-order chi connectivity index (χ0) is 9.52. The van der Waals surface area contributed by atoms with E-state index in [9.17, 15) is 4.79 Å². The SMILES string of the molecule is O=C(Cl)[c-]1cccc1.[Ru].[cH-]1[cH-][cH-][cH-][cH-]1. The normalized spacial score (nSPS) is 8.07. The van der Waals surface area contributed by atoms with Gasteiger partial charge in [0.25, 0.3) is 0 Å². The molecule has 2 aromatic rings. The molecular formula is C11H9ClORu-6. The Kier molecular flexibility index (Phi) is 7.27. The van der Waals surface area contributed by atoms with Crippen LogP contribution in [0.2, 0.25) is 0 Å². The molecule has 2 rings (SSSR count). The molecule has 0 aromatic heterocycles. The molecular weight excluding hydrogens is 285 g/mol. The van der Waals surface area contributed by atoms with Crippen LogP contribution in [0.25, 0.3) is 0 Å². The molecule has 0 atom stereocenters. The molecule has 0 N–H and O–H groups in total. The minimum absolute atomic E-state index is 0. The summed E-state index contributed by atoms with van der Waals surface area (Å²) in [5, 5.41) is -0.394. The summed E-state index contributed by atoms with van der Waals surface area (Å²) in [5.74, 6) is 0. The molecule has 1 nitrogen and oxygen atoms in total. The van der Waals surface area contributed by atoms with Crippen molar-refractivity contribution in [2.24, 2.45) is 0 Å². The van der Waals surface area contributed by atoms with E-state index in [1.165, 1.54) is 0 Å². The summed E-state index contributed by atoms with van der Waals surface area (Å²) in [6.45, 7) is 0. The van der Waals surface area contributed by atoms with Gasteiger partial charge in [-0.05, 0) is 0 Å². The van der Waals surface area contributed by atoms with Crippen LogP contribution >= 0.6 is 11.6 Å². The first kappa shape index (κ1) is 13.3. The van der Waals surface area contributed by atoms with Crippen molar-refractivity contribution in [3.63, 3.8) is 0 Å². The second kappa shape index (κ2) is 7.67. The van der Waals surface area contributed by atoms with E-state index in [4.69, 9.17) is 11.6 Å². The summed E-state index contributed by atoms with van der Waals surface area (Å²) in [6.07, 6.45) is 0. The maximum atomic E-state index is 10.3. The van der Waals surface area contributed by atoms with Gasteiger partial charge in [-0.2, -0.15) is 12.1 Å². The van der Waals surface area contributed by atoms with Crippen molar-refractivity contribution in [1.82, 2.24) is 0 Å². The first-order valence-corrected chi connectivity index (χ1v) is 4.27. The fourth-order valence-electron chi connectivity index (χ4n) is 0.826. The van der Waals surface area contributed by atoms with Gasteiger partial charge in [0.15, 0.2) is 5.24 Å². The first-order chi connectivity index (χ1) is 6.30. The molecule has 0 radical (unpaired) electrons. The fourth-order valence-corrected chi connectivity index (χ4v) is 0.952. The molecule has 0 aliphatic rings. The fraction of sp³-hybridized carbons (Fsp3) is 0. The molecule has 0 aliphatic carbocycles. The van der Waals surface area contributed by atoms with Crippen molar-refractivity contribution < 1.29 is 24.3 Å². The van der Waals surface area contributed by atoms with E-state index in [0.29, 0.717) is 5.56 Å². The zero-order valence-corrected chi connectivity index (χ0v) is 9.83. The van der Waals surface area contributed by atoms with Crippen molar-refractivity contribution in [3.8, 4) is 0 Å². The summed E-state index contributed by atoms with van der Waals surface area (Å²) in [7, 11) is 0.